The topological polar surface area (TPSA) is 75.6 Å². The van der Waals surface area contributed by atoms with Gasteiger partial charge in [-0.2, -0.15) is 0 Å². The summed E-state index contributed by atoms with van der Waals surface area (Å²) >= 11 is 0. The predicted octanol–water partition coefficient (Wildman–Crippen LogP) is 0.715. The van der Waals surface area contributed by atoms with Gasteiger partial charge < -0.3 is 22.8 Å². The molecule has 0 bridgehead atoms. The first-order valence-corrected chi connectivity index (χ1v) is 7.23. The molecule has 1 aromatic rings. The van der Waals surface area contributed by atoms with Gasteiger partial charge >= 0.3 is 70.4 Å². The second kappa shape index (κ2) is 8.43. The third-order valence-corrected chi connectivity index (χ3v) is 3.48. The zero-order valence-electron chi connectivity index (χ0n) is 15.4. The molecule has 25 heavy (non-hydrogen) atoms. The van der Waals surface area contributed by atoms with Crippen molar-refractivity contribution in [3.63, 3.8) is 0 Å². The number of halogens is 3. The number of amides is 1. The maximum Gasteiger partial charge on any atom is 1.00 e. The number of carbonyl (C=O) groups excluding carboxylic acids is 1. The second-order valence-corrected chi connectivity index (χ2v) is 6.55. The second-order valence-electron chi connectivity index (χ2n) is 6.55. The van der Waals surface area contributed by atoms with Gasteiger partial charge in [0.15, 0.2) is 0 Å². The van der Waals surface area contributed by atoms with E-state index in [0.29, 0.717) is 0 Å². The summed E-state index contributed by atoms with van der Waals surface area (Å²) in [5.74, 6) is -1.49. The minimum Gasteiger partial charge on any atom is -0.478 e. The molecule has 0 radical (unpaired) electrons. The van der Waals surface area contributed by atoms with Crippen LogP contribution in [0.5, 0.6) is 0 Å². The summed E-state index contributed by atoms with van der Waals surface area (Å²) in [6.07, 6.45) is -0.950. The van der Waals surface area contributed by atoms with Crippen LogP contribution in [-0.4, -0.2) is 29.7 Å². The van der Waals surface area contributed by atoms with Gasteiger partial charge in [0, 0.05) is 5.69 Å². The van der Waals surface area contributed by atoms with Crippen LogP contribution in [0.25, 0.3) is 0 Å². The van der Waals surface area contributed by atoms with Gasteiger partial charge in [0.25, 0.3) is 0 Å². The summed E-state index contributed by atoms with van der Waals surface area (Å²) in [6, 6.07) is 0. The fraction of sp³-hybridized carbons (Fsp3) is 0.467. The number of carboxylic acid groups (broad SMARTS) is 1. The van der Waals surface area contributed by atoms with E-state index in [2.05, 4.69) is 5.32 Å². The van der Waals surface area contributed by atoms with Crippen molar-refractivity contribution >= 4 is 30.2 Å². The van der Waals surface area contributed by atoms with Crippen molar-refractivity contribution in [1.82, 2.24) is 0 Å². The zero-order valence-corrected chi connectivity index (χ0v) is 18.5. The van der Waals surface area contributed by atoms with E-state index >= 15 is 0 Å². The Bertz CT molecular complexity index is 700. The Morgan fingerprint density at radius 3 is 1.88 bits per heavy atom. The molecule has 134 valence electrons. The molecule has 1 aromatic carbocycles. The molecular weight excluding hydrogens is 365 g/mol. The summed E-state index contributed by atoms with van der Waals surface area (Å²) in [4.78, 5) is 23.3. The van der Waals surface area contributed by atoms with Gasteiger partial charge in [0.05, 0.1) is 5.56 Å². The number of carbonyl (C=O) groups is 2. The fourth-order valence-corrected chi connectivity index (χ4v) is 2.64. The Morgan fingerprint density at radius 1 is 1.04 bits per heavy atom. The zero-order chi connectivity index (χ0) is 19.0. The summed E-state index contributed by atoms with van der Waals surface area (Å²) < 4.78 is 45.2. The van der Waals surface area contributed by atoms with Crippen molar-refractivity contribution in [1.29, 1.82) is 0 Å². The van der Waals surface area contributed by atoms with Crippen LogP contribution < -0.4 is 62.2 Å². The summed E-state index contributed by atoms with van der Waals surface area (Å²) in [5, 5.41) is 11.5. The molecule has 10 heteroatoms. The van der Waals surface area contributed by atoms with Crippen LogP contribution in [-0.2, 0) is 4.74 Å². The largest absolute Gasteiger partial charge is 1.00 e. The molecule has 0 aliphatic carbocycles. The number of anilines is 1. The Kier molecular flexibility index (Phi) is 8.24. The van der Waals surface area contributed by atoms with Gasteiger partial charge in [-0.3, -0.25) is 5.32 Å². The van der Waals surface area contributed by atoms with E-state index in [1.54, 1.807) is 20.8 Å². The van der Waals surface area contributed by atoms with E-state index in [1.807, 2.05) is 0 Å². The van der Waals surface area contributed by atoms with E-state index in [0.717, 1.165) is 6.92 Å². The van der Waals surface area contributed by atoms with Crippen molar-refractivity contribution in [2.75, 3.05) is 5.32 Å². The van der Waals surface area contributed by atoms with E-state index < -0.39 is 35.7 Å². The van der Waals surface area contributed by atoms with E-state index in [9.17, 15) is 27.6 Å². The minimum absolute atomic E-state index is 0. The molecule has 0 aromatic heterocycles. The molecule has 5 nitrogen and oxygen atoms in total. The van der Waals surface area contributed by atoms with Gasteiger partial charge in [-0.25, -0.2) is 9.59 Å². The van der Waals surface area contributed by atoms with Crippen LogP contribution in [0.1, 0.15) is 47.8 Å². The van der Waals surface area contributed by atoms with Gasteiger partial charge in [-0.15, -0.1) is 0 Å². The van der Waals surface area contributed by atoms with E-state index in [4.69, 9.17) is 4.74 Å². The number of ether oxygens (including phenoxy) is 1. The summed E-state index contributed by atoms with van der Waals surface area (Å²) in [6.45, 7) is 3.03. The third-order valence-electron chi connectivity index (χ3n) is 3.48. The van der Waals surface area contributed by atoms with Crippen LogP contribution in [0.3, 0.4) is 0 Å². The number of rotatable bonds is 3. The van der Waals surface area contributed by atoms with Crippen LogP contribution in [0.2, 0.25) is 0 Å². The van der Waals surface area contributed by atoms with Crippen LogP contribution in [0.15, 0.2) is 0 Å². The summed E-state index contributed by atoms with van der Waals surface area (Å²) in [7, 11) is 0. The molecule has 0 fully saturated rings. The summed E-state index contributed by atoms with van der Waals surface area (Å²) in [5.41, 5.74) is -3.06. The standard InChI is InChI=1S/C15H20BF3NO4.K/c1-7-10(13(21)22)8(2)12(9(3)11(7)16(17,18)19)20-14(23)24-15(4,5)6;/h1-6H3,(H,20,23)(H,21,22);/q-1;+1. The molecule has 1 amide bonds. The normalized spacial score (nSPS) is 11.6. The average Bonchev–Trinajstić information content (AvgIpc) is 2.29. The molecule has 0 unspecified atom stereocenters. The number of carboxylic acids is 1. The maximum atomic E-state index is 13.4. The predicted molar refractivity (Wildman–Crippen MR) is 86.2 cm³/mol. The molecule has 0 aliphatic rings. The molecule has 1 rings (SSSR count). The first-order valence-electron chi connectivity index (χ1n) is 7.23. The van der Waals surface area contributed by atoms with Crippen LogP contribution in [0, 0.1) is 20.8 Å². The van der Waals surface area contributed by atoms with Crippen molar-refractivity contribution in [3.8, 4) is 0 Å². The van der Waals surface area contributed by atoms with Crippen molar-refractivity contribution < 1.29 is 83.8 Å². The Balaban J connectivity index is 0.00000576. The van der Waals surface area contributed by atoms with Crippen molar-refractivity contribution in [2.45, 2.75) is 47.1 Å². The smallest absolute Gasteiger partial charge is 0.478 e. The first kappa shape index (κ1) is 24.5. The molecule has 2 N–H and O–H groups in total. The molecule has 0 spiro atoms. The quantitative estimate of drug-likeness (QED) is 0.752. The van der Waals surface area contributed by atoms with E-state index in [1.165, 1.54) is 13.8 Å². The van der Waals surface area contributed by atoms with Gasteiger partial charge in [0.2, 0.25) is 0 Å². The molecule has 0 aliphatic heterocycles. The number of hydrogen-bond acceptors (Lipinski definition) is 3. The average molecular weight is 385 g/mol. The van der Waals surface area contributed by atoms with Crippen LogP contribution in [0.4, 0.5) is 23.4 Å². The third kappa shape index (κ3) is 5.99. The maximum absolute atomic E-state index is 13.4. The Morgan fingerprint density at radius 2 is 1.52 bits per heavy atom. The molecule has 0 saturated heterocycles. The number of nitrogens with one attached hydrogen (secondary N) is 1. The SMILES string of the molecule is Cc1c(NC(=O)OC(C)(C)C)c(C)c([B-](F)(F)F)c(C)c1C(=O)O.[K+]. The Hall–Kier alpha value is -0.549. The number of hydrogen-bond donors (Lipinski definition) is 2. The monoisotopic (exact) mass is 385 g/mol. The minimum atomic E-state index is -5.45. The number of aromatic carboxylic acids is 1. The van der Waals surface area contributed by atoms with E-state index in [-0.39, 0.29) is 73.8 Å². The van der Waals surface area contributed by atoms with Crippen LogP contribution >= 0.6 is 0 Å². The molecular formula is C15H20BF3KNO4. The molecule has 0 saturated carbocycles. The van der Waals surface area contributed by atoms with Crippen molar-refractivity contribution in [2.24, 2.45) is 0 Å². The van der Waals surface area contributed by atoms with Gasteiger partial charge in [-0.1, -0.05) is 16.6 Å². The Labute approximate surface area is 187 Å². The number of benzene rings is 1. The van der Waals surface area contributed by atoms with Gasteiger partial charge in [-0.05, 0) is 47.1 Å². The first-order chi connectivity index (χ1) is 10.7. The fourth-order valence-electron chi connectivity index (χ4n) is 2.64. The van der Waals surface area contributed by atoms with Crippen molar-refractivity contribution in [3.05, 3.63) is 22.3 Å². The molecule has 0 atom stereocenters. The van der Waals surface area contributed by atoms with Gasteiger partial charge in [0.1, 0.15) is 5.60 Å². The molecule has 0 heterocycles.